The van der Waals surface area contributed by atoms with E-state index >= 15 is 0 Å². The first kappa shape index (κ1) is 22.5. The Balaban J connectivity index is 1.27. The van der Waals surface area contributed by atoms with Gasteiger partial charge in [-0.15, -0.1) is 0 Å². The molecule has 5 heteroatoms. The molecule has 0 aliphatic heterocycles. The van der Waals surface area contributed by atoms with Crippen LogP contribution in [0, 0.1) is 23.2 Å². The number of para-hydroxylation sites is 1. The Labute approximate surface area is 197 Å². The number of hydrogen-bond donors (Lipinski definition) is 3. The molecule has 1 aromatic heterocycles. The number of nitrogens with one attached hydrogen (secondary N) is 2. The number of aliphatic hydroxyl groups is 1. The number of allylic oxidation sites excluding steroid dienone is 1. The van der Waals surface area contributed by atoms with Crippen molar-refractivity contribution in [1.82, 2.24) is 15.6 Å². The average Bonchev–Trinajstić information content (AvgIpc) is 3.06. The van der Waals surface area contributed by atoms with E-state index in [1.54, 1.807) is 5.57 Å². The predicted molar refractivity (Wildman–Crippen MR) is 132 cm³/mol. The van der Waals surface area contributed by atoms with Gasteiger partial charge in [-0.25, -0.2) is 0 Å². The highest BCUT2D eigenvalue weighted by Gasteiger charge is 2.48. The van der Waals surface area contributed by atoms with E-state index in [0.717, 1.165) is 72.3 Å². The average molecular weight is 448 g/mol. The molecule has 4 unspecified atom stereocenters. The Morgan fingerprint density at radius 3 is 2.94 bits per heavy atom. The lowest BCUT2D eigenvalue weighted by atomic mass is 9.67. The third-order valence-electron chi connectivity index (χ3n) is 8.02. The molecule has 5 nitrogen and oxygen atoms in total. The lowest BCUT2D eigenvalue weighted by molar-refractivity contribution is 0.0937. The Morgan fingerprint density at radius 2 is 2.06 bits per heavy atom. The van der Waals surface area contributed by atoms with Crippen molar-refractivity contribution in [3.05, 3.63) is 53.2 Å². The monoisotopic (exact) mass is 447 g/mol. The van der Waals surface area contributed by atoms with E-state index in [0.29, 0.717) is 6.54 Å². The first-order chi connectivity index (χ1) is 16.0. The van der Waals surface area contributed by atoms with Crippen molar-refractivity contribution in [3.63, 3.8) is 0 Å². The van der Waals surface area contributed by atoms with Crippen molar-refractivity contribution in [2.75, 3.05) is 26.2 Å². The van der Waals surface area contributed by atoms with Gasteiger partial charge in [-0.3, -0.25) is 9.78 Å². The molecule has 4 atom stereocenters. The zero-order chi connectivity index (χ0) is 22.8. The molecule has 5 rings (SSSR count). The lowest BCUT2D eigenvalue weighted by Gasteiger charge is -2.38. The quantitative estimate of drug-likeness (QED) is 0.376. The number of amides is 1. The minimum Gasteiger partial charge on any atom is -0.396 e. The first-order valence-electron chi connectivity index (χ1n) is 12.7. The fourth-order valence-electron chi connectivity index (χ4n) is 6.48. The summed E-state index contributed by atoms with van der Waals surface area (Å²) in [5.41, 5.74) is 4.29. The predicted octanol–water partition coefficient (Wildman–Crippen LogP) is 4.25. The molecule has 2 saturated carbocycles. The second-order valence-electron chi connectivity index (χ2n) is 10.8. The number of rotatable bonds is 10. The Bertz CT molecular complexity index is 1050. The van der Waals surface area contributed by atoms with Crippen LogP contribution in [0.25, 0.3) is 10.9 Å². The number of pyridine rings is 1. The van der Waals surface area contributed by atoms with Crippen LogP contribution in [0.1, 0.15) is 61.5 Å². The van der Waals surface area contributed by atoms with Crippen LogP contribution in [-0.2, 0) is 6.42 Å². The molecule has 1 aromatic carbocycles. The lowest BCUT2D eigenvalue weighted by Crippen LogP contribution is -2.37. The van der Waals surface area contributed by atoms with Gasteiger partial charge in [0.15, 0.2) is 0 Å². The van der Waals surface area contributed by atoms with Crippen molar-refractivity contribution in [2.24, 2.45) is 23.2 Å². The second kappa shape index (κ2) is 9.55. The van der Waals surface area contributed by atoms with Gasteiger partial charge in [-0.1, -0.05) is 36.8 Å². The SMILES string of the molecule is CC1(CNC(=O)c2cc(CCCNCCCO)nc3ccccc23)C=C2CC3CC(CC23)C1. The number of aryl methyl sites for hydroxylation is 1. The molecule has 2 bridgehead atoms. The smallest absolute Gasteiger partial charge is 0.252 e. The van der Waals surface area contributed by atoms with E-state index < -0.39 is 0 Å². The fourth-order valence-corrected chi connectivity index (χ4v) is 6.48. The number of carbonyl (C=O) groups excluding carboxylic acids is 1. The summed E-state index contributed by atoms with van der Waals surface area (Å²) in [5, 5.41) is 16.5. The number of benzene rings is 1. The fraction of sp³-hybridized carbons (Fsp3) is 0.571. The van der Waals surface area contributed by atoms with Crippen LogP contribution < -0.4 is 10.6 Å². The van der Waals surface area contributed by atoms with Crippen molar-refractivity contribution in [1.29, 1.82) is 0 Å². The van der Waals surface area contributed by atoms with Crippen LogP contribution in [0.3, 0.4) is 0 Å². The summed E-state index contributed by atoms with van der Waals surface area (Å²) < 4.78 is 0. The van der Waals surface area contributed by atoms with Crippen LogP contribution in [-0.4, -0.2) is 42.2 Å². The molecule has 0 saturated heterocycles. The number of carbonyl (C=O) groups is 1. The van der Waals surface area contributed by atoms with Crippen LogP contribution >= 0.6 is 0 Å². The van der Waals surface area contributed by atoms with Crippen LogP contribution in [0.2, 0.25) is 0 Å². The highest BCUT2D eigenvalue weighted by Crippen LogP contribution is 2.58. The Morgan fingerprint density at radius 1 is 1.21 bits per heavy atom. The number of aliphatic hydroxyl groups excluding tert-OH is 1. The molecule has 1 amide bonds. The van der Waals surface area contributed by atoms with Gasteiger partial charge in [0.2, 0.25) is 0 Å². The summed E-state index contributed by atoms with van der Waals surface area (Å²) in [7, 11) is 0. The molecule has 2 fully saturated rings. The van der Waals surface area contributed by atoms with E-state index in [-0.39, 0.29) is 17.9 Å². The molecule has 0 spiro atoms. The molecule has 1 heterocycles. The minimum absolute atomic E-state index is 0.0106. The minimum atomic E-state index is 0.0106. The second-order valence-corrected chi connectivity index (χ2v) is 10.8. The van der Waals surface area contributed by atoms with E-state index in [1.807, 2.05) is 30.3 Å². The van der Waals surface area contributed by atoms with Crippen molar-refractivity contribution in [3.8, 4) is 0 Å². The Kier molecular flexibility index (Phi) is 6.53. The molecule has 3 N–H and O–H groups in total. The van der Waals surface area contributed by atoms with E-state index in [9.17, 15) is 4.79 Å². The standard InChI is InChI=1S/C28H37N3O2/c1-28(16-19-12-20-14-21(17-28)24(20)13-19)18-30-27(33)25-15-22(6-4-9-29-10-5-11-32)31-26-8-3-2-7-23(25)26/h2-3,7-8,15,17,19-20,24,29,32H,4-6,9-14,16,18H2,1H3,(H,30,33). The zero-order valence-electron chi connectivity index (χ0n) is 19.8. The van der Waals surface area contributed by atoms with Crippen LogP contribution in [0.15, 0.2) is 42.0 Å². The number of nitrogens with zero attached hydrogens (tertiary/aromatic N) is 1. The van der Waals surface area contributed by atoms with Crippen molar-refractivity contribution >= 4 is 16.8 Å². The summed E-state index contributed by atoms with van der Waals surface area (Å²) in [4.78, 5) is 18.2. The number of aromatic nitrogens is 1. The van der Waals surface area contributed by atoms with Crippen molar-refractivity contribution in [2.45, 2.75) is 51.9 Å². The number of hydrogen-bond acceptors (Lipinski definition) is 4. The van der Waals surface area contributed by atoms with Gasteiger partial charge in [0.1, 0.15) is 0 Å². The summed E-state index contributed by atoms with van der Waals surface area (Å²) in [6, 6.07) is 9.94. The molecular formula is C28H37N3O2. The first-order valence-corrected chi connectivity index (χ1v) is 12.7. The van der Waals surface area contributed by atoms with Crippen molar-refractivity contribution < 1.29 is 9.90 Å². The van der Waals surface area contributed by atoms with Gasteiger partial charge in [0.25, 0.3) is 5.91 Å². The molecule has 0 radical (unpaired) electrons. The van der Waals surface area contributed by atoms with E-state index in [1.165, 1.54) is 25.7 Å². The summed E-state index contributed by atoms with van der Waals surface area (Å²) in [6.07, 6.45) is 10.3. The normalized spacial score (nSPS) is 27.7. The third kappa shape index (κ3) is 4.85. The van der Waals surface area contributed by atoms with Crippen LogP contribution in [0.4, 0.5) is 0 Å². The highest BCUT2D eigenvalue weighted by molar-refractivity contribution is 6.06. The highest BCUT2D eigenvalue weighted by atomic mass is 16.3. The van der Waals surface area contributed by atoms with E-state index in [2.05, 4.69) is 23.6 Å². The largest absolute Gasteiger partial charge is 0.396 e. The van der Waals surface area contributed by atoms with Gasteiger partial charge >= 0.3 is 0 Å². The molecule has 176 valence electrons. The topological polar surface area (TPSA) is 74.2 Å². The summed E-state index contributed by atoms with van der Waals surface area (Å²) >= 11 is 0. The molecule has 2 aromatic rings. The van der Waals surface area contributed by atoms with Crippen LogP contribution in [0.5, 0.6) is 0 Å². The maximum Gasteiger partial charge on any atom is 0.252 e. The van der Waals surface area contributed by atoms with Gasteiger partial charge in [-0.05, 0) is 87.9 Å². The molecule has 33 heavy (non-hydrogen) atoms. The Hall–Kier alpha value is -2.24. The van der Waals surface area contributed by atoms with E-state index in [4.69, 9.17) is 10.1 Å². The van der Waals surface area contributed by atoms with Gasteiger partial charge in [0.05, 0.1) is 11.1 Å². The summed E-state index contributed by atoms with van der Waals surface area (Å²) in [6.45, 7) is 4.95. The summed E-state index contributed by atoms with van der Waals surface area (Å²) in [5.74, 6) is 2.62. The molecule has 3 aliphatic rings. The van der Waals surface area contributed by atoms with Gasteiger partial charge in [0, 0.05) is 29.6 Å². The maximum atomic E-state index is 13.4. The number of fused-ring (bicyclic) bond motifs is 2. The molecular weight excluding hydrogens is 410 g/mol. The third-order valence-corrected chi connectivity index (χ3v) is 8.02. The zero-order valence-corrected chi connectivity index (χ0v) is 19.8. The maximum absolute atomic E-state index is 13.4. The van der Waals surface area contributed by atoms with Gasteiger partial charge < -0.3 is 15.7 Å². The van der Waals surface area contributed by atoms with Gasteiger partial charge in [-0.2, -0.15) is 0 Å². The molecule has 3 aliphatic carbocycles.